The zero-order chi connectivity index (χ0) is 15.0. The van der Waals surface area contributed by atoms with Crippen LogP contribution in [0.25, 0.3) is 11.0 Å². The largest absolute Gasteiger partial charge is 0.328 e. The van der Waals surface area contributed by atoms with Gasteiger partial charge in [0.15, 0.2) is 5.78 Å². The second kappa shape index (κ2) is 6.02. The number of aryl methyl sites for hydroxylation is 1. The van der Waals surface area contributed by atoms with Gasteiger partial charge in [0.05, 0.1) is 26.1 Å². The second-order valence-corrected chi connectivity index (χ2v) is 7.82. The van der Waals surface area contributed by atoms with Crippen molar-refractivity contribution >= 4 is 60.0 Å². The van der Waals surface area contributed by atoms with Crippen molar-refractivity contribution in [3.05, 3.63) is 49.3 Å². The van der Waals surface area contributed by atoms with Crippen LogP contribution in [0.3, 0.4) is 0 Å². The van der Waals surface area contributed by atoms with Gasteiger partial charge in [-0.25, -0.2) is 4.98 Å². The highest BCUT2D eigenvalue weighted by molar-refractivity contribution is 9.13. The van der Waals surface area contributed by atoms with Crippen molar-refractivity contribution in [3.63, 3.8) is 0 Å². The van der Waals surface area contributed by atoms with Crippen molar-refractivity contribution in [3.8, 4) is 0 Å². The number of para-hydroxylation sites is 2. The number of hydrogen-bond donors (Lipinski definition) is 0. The standard InChI is InChI=1S/C15H12Br2N2OS/c1-2-19-11-6-4-3-5-10(11)18-14(19)8-12(20)13-7-9(16)15(17)21-13/h3-7H,2,8H2,1H3. The molecular weight excluding hydrogens is 416 g/mol. The fourth-order valence-corrected chi connectivity index (χ4v) is 4.30. The lowest BCUT2D eigenvalue weighted by Gasteiger charge is -2.04. The van der Waals surface area contributed by atoms with Gasteiger partial charge in [0.1, 0.15) is 5.82 Å². The number of ketones is 1. The molecule has 0 saturated carbocycles. The molecule has 0 aliphatic carbocycles. The van der Waals surface area contributed by atoms with Gasteiger partial charge in [-0.2, -0.15) is 0 Å². The van der Waals surface area contributed by atoms with Gasteiger partial charge in [-0.3, -0.25) is 4.79 Å². The summed E-state index contributed by atoms with van der Waals surface area (Å²) in [5.41, 5.74) is 2.02. The Balaban J connectivity index is 1.96. The Hall–Kier alpha value is -0.980. The number of benzene rings is 1. The fourth-order valence-electron chi connectivity index (χ4n) is 2.33. The normalized spacial score (nSPS) is 11.2. The minimum Gasteiger partial charge on any atom is -0.328 e. The van der Waals surface area contributed by atoms with Crippen molar-refractivity contribution in [1.82, 2.24) is 9.55 Å². The number of halogens is 2. The maximum absolute atomic E-state index is 12.4. The van der Waals surface area contributed by atoms with Crippen LogP contribution in [0.15, 0.2) is 38.6 Å². The molecule has 0 atom stereocenters. The summed E-state index contributed by atoms with van der Waals surface area (Å²) >= 11 is 8.29. The number of nitrogens with zero attached hydrogens (tertiary/aromatic N) is 2. The molecule has 3 rings (SSSR count). The highest BCUT2D eigenvalue weighted by Gasteiger charge is 2.17. The summed E-state index contributed by atoms with van der Waals surface area (Å²) < 4.78 is 3.96. The SMILES string of the molecule is CCn1c(CC(=O)c2cc(Br)c(Br)s2)nc2ccccc21. The van der Waals surface area contributed by atoms with Crippen LogP contribution in [0.1, 0.15) is 22.4 Å². The summed E-state index contributed by atoms with van der Waals surface area (Å²) in [6, 6.07) is 9.84. The average Bonchev–Trinajstić information content (AvgIpc) is 2.99. The predicted molar refractivity (Wildman–Crippen MR) is 93.2 cm³/mol. The van der Waals surface area contributed by atoms with Crippen molar-refractivity contribution in [2.75, 3.05) is 0 Å². The molecule has 6 heteroatoms. The maximum Gasteiger partial charge on any atom is 0.180 e. The molecule has 0 aliphatic heterocycles. The summed E-state index contributed by atoms with van der Waals surface area (Å²) in [5, 5.41) is 0. The van der Waals surface area contributed by atoms with E-state index in [1.54, 1.807) is 0 Å². The minimum atomic E-state index is 0.0939. The van der Waals surface area contributed by atoms with Crippen LogP contribution in [-0.4, -0.2) is 15.3 Å². The zero-order valence-electron chi connectivity index (χ0n) is 11.3. The molecule has 1 aromatic carbocycles. The second-order valence-electron chi connectivity index (χ2n) is 4.59. The first-order chi connectivity index (χ1) is 10.1. The van der Waals surface area contributed by atoms with Crippen LogP contribution in [0, 0.1) is 0 Å². The Morgan fingerprint density at radius 2 is 2.10 bits per heavy atom. The van der Waals surface area contributed by atoms with Gasteiger partial charge in [0.2, 0.25) is 0 Å². The number of imidazole rings is 1. The molecule has 0 saturated heterocycles. The number of rotatable bonds is 4. The number of carbonyl (C=O) groups excluding carboxylic acids is 1. The fraction of sp³-hybridized carbons (Fsp3) is 0.200. The van der Waals surface area contributed by atoms with Crippen LogP contribution in [0.2, 0.25) is 0 Å². The van der Waals surface area contributed by atoms with Gasteiger partial charge < -0.3 is 4.57 Å². The first-order valence-corrected chi connectivity index (χ1v) is 8.92. The Labute approximate surface area is 143 Å². The maximum atomic E-state index is 12.4. The number of thiophene rings is 1. The van der Waals surface area contributed by atoms with Gasteiger partial charge in [-0.05, 0) is 57.0 Å². The molecule has 0 N–H and O–H groups in total. The molecule has 0 radical (unpaired) electrons. The number of Topliss-reactive ketones (excluding diaryl/α,β-unsaturated/α-hetero) is 1. The number of hydrogen-bond acceptors (Lipinski definition) is 3. The predicted octanol–water partition coefficient (Wildman–Crippen LogP) is 5.07. The molecular formula is C15H12Br2N2OS. The molecule has 21 heavy (non-hydrogen) atoms. The van der Waals surface area contributed by atoms with E-state index in [9.17, 15) is 4.79 Å². The van der Waals surface area contributed by atoms with Crippen LogP contribution >= 0.6 is 43.2 Å². The third-order valence-corrected chi connectivity index (χ3v) is 6.59. The van der Waals surface area contributed by atoms with E-state index in [1.807, 2.05) is 30.3 Å². The third-order valence-electron chi connectivity index (χ3n) is 3.29. The van der Waals surface area contributed by atoms with E-state index in [0.29, 0.717) is 6.42 Å². The summed E-state index contributed by atoms with van der Waals surface area (Å²) in [5.74, 6) is 0.917. The zero-order valence-corrected chi connectivity index (χ0v) is 15.3. The number of aromatic nitrogens is 2. The third kappa shape index (κ3) is 2.84. The van der Waals surface area contributed by atoms with Crippen molar-refractivity contribution in [2.24, 2.45) is 0 Å². The van der Waals surface area contributed by atoms with Gasteiger partial charge in [-0.1, -0.05) is 12.1 Å². The molecule has 3 aromatic rings. The topological polar surface area (TPSA) is 34.9 Å². The first kappa shape index (κ1) is 14.9. The van der Waals surface area contributed by atoms with Gasteiger partial charge in [0.25, 0.3) is 0 Å². The lowest BCUT2D eigenvalue weighted by Crippen LogP contribution is -2.08. The van der Waals surface area contributed by atoms with Crippen LogP contribution in [0.5, 0.6) is 0 Å². The highest BCUT2D eigenvalue weighted by atomic mass is 79.9. The van der Waals surface area contributed by atoms with E-state index in [-0.39, 0.29) is 5.78 Å². The van der Waals surface area contributed by atoms with Gasteiger partial charge >= 0.3 is 0 Å². The van der Waals surface area contributed by atoms with E-state index in [4.69, 9.17) is 0 Å². The Morgan fingerprint density at radius 3 is 2.76 bits per heavy atom. The molecule has 3 nitrogen and oxygen atoms in total. The monoisotopic (exact) mass is 426 g/mol. The van der Waals surface area contributed by atoms with Gasteiger partial charge in [-0.15, -0.1) is 11.3 Å². The van der Waals surface area contributed by atoms with E-state index in [2.05, 4.69) is 48.3 Å². The molecule has 0 bridgehead atoms. The van der Waals surface area contributed by atoms with Crippen LogP contribution in [-0.2, 0) is 13.0 Å². The van der Waals surface area contributed by atoms with Crippen molar-refractivity contribution in [2.45, 2.75) is 19.9 Å². The summed E-state index contributed by atoms with van der Waals surface area (Å²) in [6.07, 6.45) is 0.321. The molecule has 2 heterocycles. The molecule has 0 fully saturated rings. The molecule has 2 aromatic heterocycles. The lowest BCUT2D eigenvalue weighted by molar-refractivity contribution is 0.0994. The Kier molecular flexibility index (Phi) is 4.28. The quantitative estimate of drug-likeness (QED) is 0.545. The van der Waals surface area contributed by atoms with Crippen molar-refractivity contribution < 1.29 is 4.79 Å². The van der Waals surface area contributed by atoms with Gasteiger partial charge in [0, 0.05) is 11.0 Å². The lowest BCUT2D eigenvalue weighted by atomic mass is 10.2. The summed E-state index contributed by atoms with van der Waals surface area (Å²) in [4.78, 5) is 17.8. The number of fused-ring (bicyclic) bond motifs is 1. The first-order valence-electron chi connectivity index (χ1n) is 6.52. The Bertz CT molecular complexity index is 803. The van der Waals surface area contributed by atoms with E-state index >= 15 is 0 Å². The van der Waals surface area contributed by atoms with Crippen molar-refractivity contribution in [1.29, 1.82) is 0 Å². The molecule has 0 spiro atoms. The van der Waals surface area contributed by atoms with Crippen LogP contribution in [0.4, 0.5) is 0 Å². The van der Waals surface area contributed by atoms with E-state index in [1.165, 1.54) is 11.3 Å². The van der Waals surface area contributed by atoms with E-state index in [0.717, 1.165) is 36.5 Å². The average molecular weight is 428 g/mol. The Morgan fingerprint density at radius 1 is 1.33 bits per heavy atom. The summed E-state index contributed by atoms with van der Waals surface area (Å²) in [7, 11) is 0. The molecule has 0 unspecified atom stereocenters. The summed E-state index contributed by atoms with van der Waals surface area (Å²) in [6.45, 7) is 2.88. The minimum absolute atomic E-state index is 0.0939. The highest BCUT2D eigenvalue weighted by Crippen LogP contribution is 2.33. The molecule has 108 valence electrons. The molecule has 0 aliphatic rings. The number of carbonyl (C=O) groups is 1. The molecule has 0 amide bonds. The van der Waals surface area contributed by atoms with E-state index < -0.39 is 0 Å². The smallest absolute Gasteiger partial charge is 0.180 e. The van der Waals surface area contributed by atoms with Crippen LogP contribution < -0.4 is 0 Å².